The van der Waals surface area contributed by atoms with Crippen molar-refractivity contribution in [3.05, 3.63) is 61.8 Å². The minimum atomic E-state index is -0.265. The van der Waals surface area contributed by atoms with Crippen LogP contribution in [0.5, 0.6) is 5.75 Å². The van der Waals surface area contributed by atoms with Gasteiger partial charge in [0.25, 0.3) is 11.5 Å². The summed E-state index contributed by atoms with van der Waals surface area (Å²) in [6.45, 7) is 8.57. The maximum atomic E-state index is 13.5. The minimum Gasteiger partial charge on any atom is -0.497 e. The van der Waals surface area contributed by atoms with Crippen molar-refractivity contribution in [3.8, 4) is 11.8 Å². The molecule has 2 fully saturated rings. The highest BCUT2D eigenvalue weighted by atomic mass is 32.2. The Labute approximate surface area is 227 Å². The van der Waals surface area contributed by atoms with Gasteiger partial charge in [0, 0.05) is 25.2 Å². The number of hydrogen-bond donors (Lipinski definition) is 0. The lowest BCUT2D eigenvalue weighted by molar-refractivity contribution is -0.122. The second kappa shape index (κ2) is 11.5. The predicted molar refractivity (Wildman–Crippen MR) is 153 cm³/mol. The molecule has 1 amide bonds. The summed E-state index contributed by atoms with van der Waals surface area (Å²) >= 11 is 6.85. The Balaban J connectivity index is 1.79. The molecule has 0 spiro atoms. The minimum absolute atomic E-state index is 0.127. The van der Waals surface area contributed by atoms with Crippen LogP contribution in [0.15, 0.2) is 34.0 Å². The van der Waals surface area contributed by atoms with E-state index in [0.29, 0.717) is 33.8 Å². The van der Waals surface area contributed by atoms with E-state index >= 15 is 0 Å². The van der Waals surface area contributed by atoms with Crippen LogP contribution in [0.4, 0.5) is 5.82 Å². The maximum absolute atomic E-state index is 13.5. The number of rotatable bonds is 7. The molecule has 4 rings (SSSR count). The van der Waals surface area contributed by atoms with Crippen LogP contribution in [0.2, 0.25) is 0 Å². The van der Waals surface area contributed by atoms with Crippen molar-refractivity contribution in [3.63, 3.8) is 0 Å². The average molecular weight is 537 g/mol. The fourth-order valence-corrected chi connectivity index (χ4v) is 6.22. The summed E-state index contributed by atoms with van der Waals surface area (Å²) in [7, 11) is 1.62. The number of nitrogens with zero attached hydrogens (tertiary/aromatic N) is 4. The number of piperidine rings is 1. The highest BCUT2D eigenvalue weighted by Gasteiger charge is 2.33. The van der Waals surface area contributed by atoms with Gasteiger partial charge in [-0.1, -0.05) is 50.0 Å². The van der Waals surface area contributed by atoms with E-state index in [4.69, 9.17) is 17.0 Å². The van der Waals surface area contributed by atoms with Gasteiger partial charge in [-0.25, -0.2) is 0 Å². The van der Waals surface area contributed by atoms with Crippen LogP contribution in [0.3, 0.4) is 0 Å². The van der Waals surface area contributed by atoms with Crippen molar-refractivity contribution >= 4 is 46.1 Å². The predicted octanol–water partition coefficient (Wildman–Crippen LogP) is 5.08. The maximum Gasteiger partial charge on any atom is 0.270 e. The number of ether oxygens (including phenoxy) is 1. The number of benzene rings is 1. The van der Waals surface area contributed by atoms with E-state index < -0.39 is 0 Å². The zero-order valence-electron chi connectivity index (χ0n) is 21.7. The third kappa shape index (κ3) is 5.46. The zero-order valence-corrected chi connectivity index (χ0v) is 23.4. The van der Waals surface area contributed by atoms with Gasteiger partial charge in [-0.2, -0.15) is 5.26 Å². The monoisotopic (exact) mass is 536 g/mol. The van der Waals surface area contributed by atoms with E-state index in [2.05, 4.69) is 17.9 Å². The van der Waals surface area contributed by atoms with Crippen LogP contribution in [-0.4, -0.2) is 39.9 Å². The smallest absolute Gasteiger partial charge is 0.270 e. The third-order valence-electron chi connectivity index (χ3n) is 6.90. The number of carbonyl (C=O) groups is 1. The Hall–Kier alpha value is -3.09. The fourth-order valence-electron chi connectivity index (χ4n) is 4.98. The topological polar surface area (TPSA) is 78.6 Å². The van der Waals surface area contributed by atoms with Gasteiger partial charge in [-0.15, -0.1) is 0 Å². The number of nitriles is 1. The molecule has 2 aliphatic rings. The molecule has 2 saturated heterocycles. The van der Waals surface area contributed by atoms with Crippen LogP contribution >= 0.6 is 24.0 Å². The summed E-state index contributed by atoms with van der Waals surface area (Å²) in [5.41, 5.74) is 2.17. The Morgan fingerprint density at radius 3 is 2.62 bits per heavy atom. The zero-order chi connectivity index (χ0) is 26.7. The van der Waals surface area contributed by atoms with Crippen LogP contribution in [-0.2, 0) is 17.9 Å². The lowest BCUT2D eigenvalue weighted by Crippen LogP contribution is -2.40. The van der Waals surface area contributed by atoms with Crippen LogP contribution in [0.1, 0.15) is 55.4 Å². The molecule has 0 bridgehead atoms. The van der Waals surface area contributed by atoms with Gasteiger partial charge in [-0.05, 0) is 61.4 Å². The molecule has 0 saturated carbocycles. The van der Waals surface area contributed by atoms with Crippen molar-refractivity contribution in [2.45, 2.75) is 53.1 Å². The van der Waals surface area contributed by atoms with Gasteiger partial charge >= 0.3 is 0 Å². The first kappa shape index (κ1) is 27.0. The van der Waals surface area contributed by atoms with Crippen molar-refractivity contribution in [2.75, 3.05) is 25.1 Å². The molecule has 37 heavy (non-hydrogen) atoms. The van der Waals surface area contributed by atoms with Gasteiger partial charge in [0.05, 0.1) is 18.6 Å². The fraction of sp³-hybridized carbons (Fsp3) is 0.429. The van der Waals surface area contributed by atoms with Crippen molar-refractivity contribution < 1.29 is 9.53 Å². The third-order valence-corrected chi connectivity index (χ3v) is 8.28. The standard InChI is InChI=1S/C28H32N4O3S2/c1-5-12-31-25(30-13-6-7-18(2)16-30)22(19(3)23(15-29)26(31)33)14-24-27(34)32(28(36)37-24)17-20-8-10-21(35-4)11-9-20/h8-11,14,18H,5-7,12-13,16-17H2,1-4H3/b24-14-. The summed E-state index contributed by atoms with van der Waals surface area (Å²) in [5, 5.41) is 9.85. The number of carbonyl (C=O) groups excluding carboxylic acids is 1. The second-order valence-corrected chi connectivity index (χ2v) is 11.3. The van der Waals surface area contributed by atoms with E-state index in [9.17, 15) is 14.9 Å². The number of amides is 1. The molecule has 194 valence electrons. The highest BCUT2D eigenvalue weighted by Crippen LogP contribution is 2.37. The normalized spacial score (nSPS) is 19.0. The quantitative estimate of drug-likeness (QED) is 0.360. The van der Waals surface area contributed by atoms with Gasteiger partial charge in [-0.3, -0.25) is 19.1 Å². The molecular weight excluding hydrogens is 504 g/mol. The average Bonchev–Trinajstić information content (AvgIpc) is 3.15. The molecular formula is C28H32N4O3S2. The molecule has 1 aromatic carbocycles. The molecule has 3 heterocycles. The number of thioether (sulfide) groups is 1. The summed E-state index contributed by atoms with van der Waals surface area (Å²) in [6, 6.07) is 9.67. The first-order valence-electron chi connectivity index (χ1n) is 12.6. The second-order valence-electron chi connectivity index (χ2n) is 9.62. The highest BCUT2D eigenvalue weighted by molar-refractivity contribution is 8.26. The van der Waals surface area contributed by atoms with E-state index in [0.717, 1.165) is 55.0 Å². The largest absolute Gasteiger partial charge is 0.497 e. The number of thiocarbonyl (C=S) groups is 1. The van der Waals surface area contributed by atoms with E-state index in [1.165, 1.54) is 11.8 Å². The SMILES string of the molecule is CCCn1c(N2CCCC(C)C2)c(/C=C2\SC(=S)N(Cc3ccc(OC)cc3)C2=O)c(C)c(C#N)c1=O. The van der Waals surface area contributed by atoms with Gasteiger partial charge in [0.2, 0.25) is 0 Å². The molecule has 2 aromatic rings. The molecule has 2 aliphatic heterocycles. The van der Waals surface area contributed by atoms with Crippen molar-refractivity contribution in [1.29, 1.82) is 5.26 Å². The molecule has 1 unspecified atom stereocenters. The Kier molecular flexibility index (Phi) is 8.40. The van der Waals surface area contributed by atoms with E-state index in [1.807, 2.05) is 37.3 Å². The van der Waals surface area contributed by atoms with Crippen LogP contribution in [0.25, 0.3) is 6.08 Å². The summed E-state index contributed by atoms with van der Waals surface area (Å²) < 4.78 is 7.44. The number of hydrogen-bond acceptors (Lipinski definition) is 7. The molecule has 1 aromatic heterocycles. The van der Waals surface area contributed by atoms with Gasteiger partial charge in [0.1, 0.15) is 27.5 Å². The Bertz CT molecular complexity index is 1340. The first-order chi connectivity index (χ1) is 17.8. The molecule has 0 aliphatic carbocycles. The Morgan fingerprint density at radius 1 is 1.27 bits per heavy atom. The van der Waals surface area contributed by atoms with E-state index in [-0.39, 0.29) is 17.0 Å². The van der Waals surface area contributed by atoms with Crippen LogP contribution < -0.4 is 15.2 Å². The lowest BCUT2D eigenvalue weighted by atomic mass is 9.98. The van der Waals surface area contributed by atoms with Crippen molar-refractivity contribution in [2.24, 2.45) is 5.92 Å². The molecule has 0 radical (unpaired) electrons. The van der Waals surface area contributed by atoms with Gasteiger partial charge in [0.15, 0.2) is 0 Å². The molecule has 1 atom stereocenters. The lowest BCUT2D eigenvalue weighted by Gasteiger charge is -2.36. The van der Waals surface area contributed by atoms with Gasteiger partial charge < -0.3 is 9.64 Å². The van der Waals surface area contributed by atoms with Crippen LogP contribution in [0, 0.1) is 24.2 Å². The van der Waals surface area contributed by atoms with E-state index in [1.54, 1.807) is 23.5 Å². The summed E-state index contributed by atoms with van der Waals surface area (Å²) in [6.07, 6.45) is 4.77. The Morgan fingerprint density at radius 2 is 2.00 bits per heavy atom. The molecule has 0 N–H and O–H groups in total. The molecule has 9 heteroatoms. The summed E-state index contributed by atoms with van der Waals surface area (Å²) in [4.78, 5) is 31.2. The number of pyridine rings is 1. The molecule has 7 nitrogen and oxygen atoms in total. The number of methoxy groups -OCH3 is 1. The summed E-state index contributed by atoms with van der Waals surface area (Å²) in [5.74, 6) is 1.87. The number of aromatic nitrogens is 1. The van der Waals surface area contributed by atoms with Crippen molar-refractivity contribution in [1.82, 2.24) is 9.47 Å². The first-order valence-corrected chi connectivity index (χ1v) is 13.8. The number of anilines is 1.